The lowest BCUT2D eigenvalue weighted by Crippen LogP contribution is -2.48. The molecule has 0 aliphatic carbocycles. The van der Waals surface area contributed by atoms with Gasteiger partial charge in [-0.1, -0.05) is 20.3 Å². The standard InChI is InChI=1S/C12H24N2O2/c1-4-10(2)8-13-11-6-5-7-14(9-11)12(15)16-3/h10-11,13H,4-9H2,1-3H3. The smallest absolute Gasteiger partial charge is 0.409 e. The molecule has 1 aliphatic heterocycles. The van der Waals surface area contributed by atoms with Crippen molar-refractivity contribution in [3.63, 3.8) is 0 Å². The third-order valence-corrected chi connectivity index (χ3v) is 3.31. The summed E-state index contributed by atoms with van der Waals surface area (Å²) in [4.78, 5) is 13.2. The van der Waals surface area contributed by atoms with Gasteiger partial charge in [0.1, 0.15) is 0 Å². The Balaban J connectivity index is 2.30. The molecule has 94 valence electrons. The molecule has 0 aromatic rings. The van der Waals surface area contributed by atoms with Gasteiger partial charge in [-0.25, -0.2) is 4.79 Å². The van der Waals surface area contributed by atoms with Gasteiger partial charge in [0.15, 0.2) is 0 Å². The van der Waals surface area contributed by atoms with Gasteiger partial charge in [-0.05, 0) is 25.3 Å². The van der Waals surface area contributed by atoms with E-state index in [9.17, 15) is 4.79 Å². The van der Waals surface area contributed by atoms with Crippen LogP contribution in [0.3, 0.4) is 0 Å². The maximum atomic E-state index is 11.4. The molecule has 0 spiro atoms. The van der Waals surface area contributed by atoms with E-state index in [1.807, 2.05) is 0 Å². The Morgan fingerprint density at radius 3 is 3.00 bits per heavy atom. The molecular weight excluding hydrogens is 204 g/mol. The molecule has 0 bridgehead atoms. The zero-order chi connectivity index (χ0) is 12.0. The molecule has 0 radical (unpaired) electrons. The van der Waals surface area contributed by atoms with Gasteiger partial charge in [0.25, 0.3) is 0 Å². The second-order valence-electron chi connectivity index (χ2n) is 4.68. The van der Waals surface area contributed by atoms with Crippen LogP contribution < -0.4 is 5.32 Å². The van der Waals surface area contributed by atoms with Crippen LogP contribution in [0.25, 0.3) is 0 Å². The van der Waals surface area contributed by atoms with Crippen molar-refractivity contribution in [2.24, 2.45) is 5.92 Å². The highest BCUT2D eigenvalue weighted by Crippen LogP contribution is 2.11. The van der Waals surface area contributed by atoms with Crippen LogP contribution in [0.5, 0.6) is 0 Å². The normalized spacial score (nSPS) is 22.9. The molecule has 4 heteroatoms. The summed E-state index contributed by atoms with van der Waals surface area (Å²) in [5.41, 5.74) is 0. The van der Waals surface area contributed by atoms with Crippen molar-refractivity contribution >= 4 is 6.09 Å². The number of likely N-dealkylation sites (tertiary alicyclic amines) is 1. The second-order valence-corrected chi connectivity index (χ2v) is 4.68. The summed E-state index contributed by atoms with van der Waals surface area (Å²) in [5, 5.41) is 3.53. The molecule has 1 heterocycles. The molecule has 1 saturated heterocycles. The number of hydrogen-bond donors (Lipinski definition) is 1. The third kappa shape index (κ3) is 4.00. The lowest BCUT2D eigenvalue weighted by Gasteiger charge is -2.32. The van der Waals surface area contributed by atoms with Crippen LogP contribution in [-0.4, -0.2) is 43.8 Å². The SMILES string of the molecule is CCC(C)CNC1CCCN(C(=O)OC)C1. The predicted molar refractivity (Wildman–Crippen MR) is 64.5 cm³/mol. The summed E-state index contributed by atoms with van der Waals surface area (Å²) >= 11 is 0. The first kappa shape index (κ1) is 13.3. The van der Waals surface area contributed by atoms with Crippen molar-refractivity contribution in [3.05, 3.63) is 0 Å². The largest absolute Gasteiger partial charge is 0.453 e. The highest BCUT2D eigenvalue weighted by molar-refractivity contribution is 5.67. The molecule has 16 heavy (non-hydrogen) atoms. The van der Waals surface area contributed by atoms with Gasteiger partial charge in [-0.2, -0.15) is 0 Å². The lowest BCUT2D eigenvalue weighted by molar-refractivity contribution is 0.107. The van der Waals surface area contributed by atoms with Crippen molar-refractivity contribution in [3.8, 4) is 0 Å². The van der Waals surface area contributed by atoms with E-state index in [1.165, 1.54) is 13.5 Å². The Labute approximate surface area is 98.3 Å². The van der Waals surface area contributed by atoms with E-state index >= 15 is 0 Å². The molecule has 1 rings (SSSR count). The number of piperidine rings is 1. The first-order chi connectivity index (χ1) is 7.67. The zero-order valence-corrected chi connectivity index (χ0v) is 10.7. The van der Waals surface area contributed by atoms with Crippen molar-refractivity contribution in [2.45, 2.75) is 39.2 Å². The second kappa shape index (κ2) is 6.74. The van der Waals surface area contributed by atoms with Crippen LogP contribution >= 0.6 is 0 Å². The number of carbonyl (C=O) groups excluding carboxylic acids is 1. The summed E-state index contributed by atoms with van der Waals surface area (Å²) in [5.74, 6) is 0.702. The van der Waals surface area contributed by atoms with Crippen LogP contribution in [-0.2, 0) is 4.74 Å². The van der Waals surface area contributed by atoms with E-state index in [0.29, 0.717) is 12.0 Å². The number of carbonyl (C=O) groups is 1. The monoisotopic (exact) mass is 228 g/mol. The molecule has 1 amide bonds. The first-order valence-electron chi connectivity index (χ1n) is 6.23. The summed E-state index contributed by atoms with van der Waals surface area (Å²) in [6, 6.07) is 0.432. The third-order valence-electron chi connectivity index (χ3n) is 3.31. The van der Waals surface area contributed by atoms with Crippen molar-refractivity contribution in [2.75, 3.05) is 26.7 Å². The quantitative estimate of drug-likeness (QED) is 0.798. The number of nitrogens with one attached hydrogen (secondary N) is 1. The highest BCUT2D eigenvalue weighted by Gasteiger charge is 2.23. The summed E-state index contributed by atoms with van der Waals surface area (Å²) < 4.78 is 4.74. The maximum absolute atomic E-state index is 11.4. The van der Waals surface area contributed by atoms with E-state index in [1.54, 1.807) is 4.90 Å². The number of amides is 1. The van der Waals surface area contributed by atoms with E-state index in [-0.39, 0.29) is 6.09 Å². The minimum absolute atomic E-state index is 0.199. The number of methoxy groups -OCH3 is 1. The van der Waals surface area contributed by atoms with Crippen molar-refractivity contribution in [1.82, 2.24) is 10.2 Å². The minimum Gasteiger partial charge on any atom is -0.453 e. The molecule has 1 N–H and O–H groups in total. The number of rotatable bonds is 4. The molecule has 0 aromatic heterocycles. The van der Waals surface area contributed by atoms with E-state index in [0.717, 1.165) is 32.5 Å². The minimum atomic E-state index is -0.199. The number of nitrogens with zero attached hydrogens (tertiary/aromatic N) is 1. The Kier molecular flexibility index (Phi) is 5.60. The molecule has 2 atom stereocenters. The molecular formula is C12H24N2O2. The molecule has 1 aliphatic rings. The summed E-state index contributed by atoms with van der Waals surface area (Å²) in [6.07, 6.45) is 3.22. The Morgan fingerprint density at radius 2 is 2.38 bits per heavy atom. The van der Waals surface area contributed by atoms with Gasteiger partial charge < -0.3 is 15.0 Å². The first-order valence-corrected chi connectivity index (χ1v) is 6.23. The zero-order valence-electron chi connectivity index (χ0n) is 10.7. The molecule has 0 saturated carbocycles. The maximum Gasteiger partial charge on any atom is 0.409 e. The fourth-order valence-corrected chi connectivity index (χ4v) is 1.95. The van der Waals surface area contributed by atoms with Gasteiger partial charge in [0, 0.05) is 19.1 Å². The fourth-order valence-electron chi connectivity index (χ4n) is 1.95. The molecule has 4 nitrogen and oxygen atoms in total. The van der Waals surface area contributed by atoms with E-state index < -0.39 is 0 Å². The summed E-state index contributed by atoms with van der Waals surface area (Å²) in [7, 11) is 1.44. The average Bonchev–Trinajstić information content (AvgIpc) is 2.35. The van der Waals surface area contributed by atoms with Crippen LogP contribution in [0.2, 0.25) is 0 Å². The topological polar surface area (TPSA) is 41.6 Å². The van der Waals surface area contributed by atoms with Gasteiger partial charge in [0.2, 0.25) is 0 Å². The summed E-state index contributed by atoms with van der Waals surface area (Å²) in [6.45, 7) is 7.09. The number of ether oxygens (including phenoxy) is 1. The predicted octanol–water partition coefficient (Wildman–Crippen LogP) is 1.85. The van der Waals surface area contributed by atoms with Crippen LogP contribution in [0.4, 0.5) is 4.79 Å². The van der Waals surface area contributed by atoms with Crippen molar-refractivity contribution < 1.29 is 9.53 Å². The van der Waals surface area contributed by atoms with Gasteiger partial charge in [-0.15, -0.1) is 0 Å². The van der Waals surface area contributed by atoms with Gasteiger partial charge in [0.05, 0.1) is 7.11 Å². The highest BCUT2D eigenvalue weighted by atomic mass is 16.5. The fraction of sp³-hybridized carbons (Fsp3) is 0.917. The molecule has 1 fully saturated rings. The number of hydrogen-bond acceptors (Lipinski definition) is 3. The van der Waals surface area contributed by atoms with E-state index in [4.69, 9.17) is 4.74 Å². The molecule has 0 aromatic carbocycles. The Bertz CT molecular complexity index is 221. The van der Waals surface area contributed by atoms with Crippen LogP contribution in [0.1, 0.15) is 33.1 Å². The Hall–Kier alpha value is -0.770. The lowest BCUT2D eigenvalue weighted by atomic mass is 10.0. The van der Waals surface area contributed by atoms with Crippen LogP contribution in [0, 0.1) is 5.92 Å². The van der Waals surface area contributed by atoms with Gasteiger partial charge >= 0.3 is 6.09 Å². The Morgan fingerprint density at radius 1 is 1.62 bits per heavy atom. The van der Waals surface area contributed by atoms with E-state index in [2.05, 4.69) is 19.2 Å². The average molecular weight is 228 g/mol. The van der Waals surface area contributed by atoms with Crippen molar-refractivity contribution in [1.29, 1.82) is 0 Å². The molecule has 2 unspecified atom stereocenters. The van der Waals surface area contributed by atoms with Gasteiger partial charge in [-0.3, -0.25) is 0 Å². The van der Waals surface area contributed by atoms with Crippen LogP contribution in [0.15, 0.2) is 0 Å².